The van der Waals surface area contributed by atoms with Gasteiger partial charge in [0.05, 0.1) is 29.9 Å². The molecule has 182 valence electrons. The number of aromatic hydroxyl groups is 1. The Morgan fingerprint density at radius 3 is 2.35 bits per heavy atom. The van der Waals surface area contributed by atoms with Crippen molar-refractivity contribution in [3.8, 4) is 17.2 Å². The molecule has 0 spiro atoms. The number of aliphatic hydroxyl groups is 1. The number of nitrogens with zero attached hydrogens (tertiary/aromatic N) is 2. The Kier molecular flexibility index (Phi) is 8.06. The summed E-state index contributed by atoms with van der Waals surface area (Å²) in [6.07, 6.45) is 0. The minimum atomic E-state index is -0.870. The number of Topliss-reactive ketones (excluding diaryl/α,β-unsaturated/α-hetero) is 1. The molecule has 9 heteroatoms. The molecule has 1 aliphatic rings. The number of hydrogen-bond donors (Lipinski definition) is 2. The molecule has 1 saturated heterocycles. The van der Waals surface area contributed by atoms with E-state index in [0.717, 1.165) is 0 Å². The first-order valence-corrected chi connectivity index (χ1v) is 11.4. The summed E-state index contributed by atoms with van der Waals surface area (Å²) in [7, 11) is 3.72. The second-order valence-corrected chi connectivity index (χ2v) is 8.44. The van der Waals surface area contributed by atoms with Crippen molar-refractivity contribution in [2.24, 2.45) is 0 Å². The van der Waals surface area contributed by atoms with E-state index >= 15 is 0 Å². The third-order valence-electron chi connectivity index (χ3n) is 5.43. The van der Waals surface area contributed by atoms with Gasteiger partial charge in [-0.2, -0.15) is 0 Å². The van der Waals surface area contributed by atoms with Crippen LogP contribution in [0.15, 0.2) is 42.0 Å². The Balaban J connectivity index is 2.16. The quantitative estimate of drug-likeness (QED) is 0.314. The zero-order valence-electron chi connectivity index (χ0n) is 19.7. The van der Waals surface area contributed by atoms with E-state index in [2.05, 4.69) is 0 Å². The summed E-state index contributed by atoms with van der Waals surface area (Å²) in [6, 6.07) is 8.44. The zero-order valence-corrected chi connectivity index (χ0v) is 20.4. The van der Waals surface area contributed by atoms with Gasteiger partial charge in [-0.15, -0.1) is 0 Å². The monoisotopic (exact) mass is 488 g/mol. The number of ether oxygens (including phenoxy) is 2. The summed E-state index contributed by atoms with van der Waals surface area (Å²) in [5, 5.41) is 21.6. The fourth-order valence-electron chi connectivity index (χ4n) is 3.81. The molecule has 0 aliphatic carbocycles. The Morgan fingerprint density at radius 1 is 1.06 bits per heavy atom. The SMILES string of the molecule is CCOc1cc(C2C(=C(O)c3ccc(OCC)c(Cl)c3)C(=O)C(=O)N2CCN(C)C)ccc1O. The number of ketones is 1. The van der Waals surface area contributed by atoms with Crippen LogP contribution < -0.4 is 9.47 Å². The van der Waals surface area contributed by atoms with Crippen molar-refractivity contribution in [2.75, 3.05) is 40.4 Å². The van der Waals surface area contributed by atoms with Crippen LogP contribution in [0.3, 0.4) is 0 Å². The topological polar surface area (TPSA) is 99.5 Å². The first-order valence-electron chi connectivity index (χ1n) is 11.0. The third kappa shape index (κ3) is 5.13. The number of rotatable bonds is 9. The Bertz CT molecular complexity index is 1110. The number of carbonyl (C=O) groups is 2. The van der Waals surface area contributed by atoms with E-state index in [0.29, 0.717) is 31.1 Å². The minimum absolute atomic E-state index is 0.0582. The van der Waals surface area contributed by atoms with Crippen molar-refractivity contribution in [3.63, 3.8) is 0 Å². The first-order chi connectivity index (χ1) is 16.2. The molecule has 0 saturated carbocycles. The summed E-state index contributed by atoms with van der Waals surface area (Å²) >= 11 is 6.29. The van der Waals surface area contributed by atoms with Crippen LogP contribution in [0.1, 0.15) is 31.0 Å². The van der Waals surface area contributed by atoms with E-state index in [1.807, 2.05) is 25.9 Å². The second-order valence-electron chi connectivity index (χ2n) is 8.03. The zero-order chi connectivity index (χ0) is 25.0. The van der Waals surface area contributed by atoms with Gasteiger partial charge in [0.15, 0.2) is 11.5 Å². The molecule has 1 unspecified atom stereocenters. The van der Waals surface area contributed by atoms with Crippen LogP contribution in [-0.4, -0.2) is 72.1 Å². The predicted octanol–water partition coefficient (Wildman–Crippen LogP) is 3.83. The smallest absolute Gasteiger partial charge is 0.295 e. The van der Waals surface area contributed by atoms with Crippen molar-refractivity contribution in [1.29, 1.82) is 0 Å². The fraction of sp³-hybridized carbons (Fsp3) is 0.360. The molecule has 8 nitrogen and oxygen atoms in total. The van der Waals surface area contributed by atoms with Crippen molar-refractivity contribution in [3.05, 3.63) is 58.1 Å². The number of carbonyl (C=O) groups excluding carboxylic acids is 2. The molecule has 0 bridgehead atoms. The Hall–Kier alpha value is -3.23. The van der Waals surface area contributed by atoms with Gasteiger partial charge in [0.2, 0.25) is 0 Å². The van der Waals surface area contributed by atoms with Crippen LogP contribution in [0.5, 0.6) is 17.2 Å². The Labute approximate surface area is 203 Å². The molecule has 0 radical (unpaired) electrons. The highest BCUT2D eigenvalue weighted by Crippen LogP contribution is 2.42. The summed E-state index contributed by atoms with van der Waals surface area (Å²) in [6.45, 7) is 5.12. The van der Waals surface area contributed by atoms with E-state index < -0.39 is 17.7 Å². The molecule has 1 amide bonds. The number of halogens is 1. The maximum Gasteiger partial charge on any atom is 0.295 e. The third-order valence-corrected chi connectivity index (χ3v) is 5.73. The molecular formula is C25H29ClN2O6. The molecule has 2 N–H and O–H groups in total. The number of phenols is 1. The van der Waals surface area contributed by atoms with Crippen LogP contribution in [0.25, 0.3) is 5.76 Å². The van der Waals surface area contributed by atoms with Gasteiger partial charge in [-0.25, -0.2) is 0 Å². The first kappa shape index (κ1) is 25.4. The van der Waals surface area contributed by atoms with Crippen molar-refractivity contribution in [2.45, 2.75) is 19.9 Å². The minimum Gasteiger partial charge on any atom is -0.507 e. The van der Waals surface area contributed by atoms with Crippen molar-refractivity contribution in [1.82, 2.24) is 9.80 Å². The number of amides is 1. The number of benzene rings is 2. The largest absolute Gasteiger partial charge is 0.507 e. The summed E-state index contributed by atoms with van der Waals surface area (Å²) < 4.78 is 10.9. The van der Waals surface area contributed by atoms with Gasteiger partial charge in [0, 0.05) is 18.7 Å². The van der Waals surface area contributed by atoms with E-state index in [1.54, 1.807) is 31.2 Å². The summed E-state index contributed by atoms with van der Waals surface area (Å²) in [5.74, 6) is -1.24. The van der Waals surface area contributed by atoms with E-state index in [9.17, 15) is 19.8 Å². The van der Waals surface area contributed by atoms with Crippen LogP contribution in [0.4, 0.5) is 0 Å². The standard InChI is InChI=1S/C25H29ClN2O6/c1-5-33-19-10-8-16(13-17(19)26)23(30)21-22(15-7-9-18(29)20(14-15)34-6-2)28(12-11-27(3)4)25(32)24(21)31/h7-10,13-14,22,29-30H,5-6,11-12H2,1-4H3. The van der Waals surface area contributed by atoms with Crippen molar-refractivity contribution >= 4 is 29.1 Å². The van der Waals surface area contributed by atoms with Crippen LogP contribution in [0.2, 0.25) is 5.02 Å². The lowest BCUT2D eigenvalue weighted by atomic mass is 9.95. The van der Waals surface area contributed by atoms with Gasteiger partial charge in [0.1, 0.15) is 11.5 Å². The molecule has 1 atom stereocenters. The lowest BCUT2D eigenvalue weighted by Gasteiger charge is -2.27. The molecular weight excluding hydrogens is 460 g/mol. The van der Waals surface area contributed by atoms with Crippen LogP contribution in [0, 0.1) is 0 Å². The highest BCUT2D eigenvalue weighted by atomic mass is 35.5. The molecule has 3 rings (SSSR count). The number of phenolic OH excluding ortho intramolecular Hbond substituents is 1. The summed E-state index contributed by atoms with van der Waals surface area (Å²) in [5.41, 5.74) is 0.753. The molecule has 34 heavy (non-hydrogen) atoms. The highest BCUT2D eigenvalue weighted by Gasteiger charge is 2.46. The van der Waals surface area contributed by atoms with Crippen molar-refractivity contribution < 1.29 is 29.3 Å². The number of hydrogen-bond acceptors (Lipinski definition) is 7. The Morgan fingerprint density at radius 2 is 1.74 bits per heavy atom. The molecule has 1 heterocycles. The lowest BCUT2D eigenvalue weighted by molar-refractivity contribution is -0.140. The molecule has 0 aromatic heterocycles. The average molecular weight is 489 g/mol. The number of likely N-dealkylation sites (tertiary alicyclic amines) is 1. The average Bonchev–Trinajstić information content (AvgIpc) is 3.05. The molecule has 1 fully saturated rings. The van der Waals surface area contributed by atoms with Gasteiger partial charge in [-0.3, -0.25) is 9.59 Å². The molecule has 2 aromatic carbocycles. The predicted molar refractivity (Wildman–Crippen MR) is 129 cm³/mol. The highest BCUT2D eigenvalue weighted by molar-refractivity contribution is 6.46. The van der Waals surface area contributed by atoms with Gasteiger partial charge in [-0.05, 0) is 63.8 Å². The van der Waals surface area contributed by atoms with E-state index in [-0.39, 0.29) is 40.0 Å². The van der Waals surface area contributed by atoms with Gasteiger partial charge in [0.25, 0.3) is 11.7 Å². The van der Waals surface area contributed by atoms with Gasteiger partial charge < -0.3 is 29.5 Å². The number of aliphatic hydroxyl groups excluding tert-OH is 1. The summed E-state index contributed by atoms with van der Waals surface area (Å²) in [4.78, 5) is 29.5. The normalized spacial score (nSPS) is 17.5. The maximum absolute atomic E-state index is 13.1. The fourth-order valence-corrected chi connectivity index (χ4v) is 4.05. The van der Waals surface area contributed by atoms with Crippen LogP contribution >= 0.6 is 11.6 Å². The number of likely N-dealkylation sites (N-methyl/N-ethyl adjacent to an activating group) is 1. The molecule has 1 aliphatic heterocycles. The van der Waals surface area contributed by atoms with E-state index in [1.165, 1.54) is 17.0 Å². The second kappa shape index (κ2) is 10.8. The lowest BCUT2D eigenvalue weighted by Crippen LogP contribution is -2.35. The van der Waals surface area contributed by atoms with Gasteiger partial charge in [-0.1, -0.05) is 17.7 Å². The molecule has 2 aromatic rings. The van der Waals surface area contributed by atoms with Crippen LogP contribution in [-0.2, 0) is 9.59 Å². The van der Waals surface area contributed by atoms with Gasteiger partial charge >= 0.3 is 0 Å². The maximum atomic E-state index is 13.1. The van der Waals surface area contributed by atoms with E-state index in [4.69, 9.17) is 21.1 Å².